The Bertz CT molecular complexity index is 303. The largest absolute Gasteiger partial charge is 0.386 e. The molecule has 92 valence electrons. The van der Waals surface area contributed by atoms with Crippen molar-refractivity contribution in [3.05, 3.63) is 21.3 Å². The molecule has 0 spiro atoms. The van der Waals surface area contributed by atoms with Crippen LogP contribution in [0.5, 0.6) is 0 Å². The van der Waals surface area contributed by atoms with E-state index in [2.05, 4.69) is 19.2 Å². The predicted octanol–water partition coefficient (Wildman–Crippen LogP) is 3.60. The molecule has 1 aromatic rings. The molecule has 0 aromatic carbocycles. The molecular formula is C12H20ClNOS. The van der Waals surface area contributed by atoms with Crippen LogP contribution in [0, 0.1) is 0 Å². The van der Waals surface area contributed by atoms with Crippen molar-refractivity contribution in [2.24, 2.45) is 0 Å². The molecule has 0 saturated carbocycles. The van der Waals surface area contributed by atoms with E-state index in [9.17, 15) is 5.11 Å². The molecule has 2 nitrogen and oxygen atoms in total. The number of aliphatic hydroxyl groups excluding tert-OH is 1. The van der Waals surface area contributed by atoms with E-state index in [-0.39, 0.29) is 0 Å². The highest BCUT2D eigenvalue weighted by Crippen LogP contribution is 2.26. The average Bonchev–Trinajstić information content (AvgIpc) is 2.69. The number of thiophene rings is 1. The van der Waals surface area contributed by atoms with Crippen LogP contribution < -0.4 is 5.32 Å². The normalized spacial score (nSPS) is 15.0. The van der Waals surface area contributed by atoms with Crippen LogP contribution in [-0.4, -0.2) is 17.7 Å². The van der Waals surface area contributed by atoms with Crippen molar-refractivity contribution in [2.45, 2.75) is 45.3 Å². The molecule has 1 rings (SSSR count). The zero-order valence-electron chi connectivity index (χ0n) is 9.87. The fourth-order valence-electron chi connectivity index (χ4n) is 1.53. The first kappa shape index (κ1) is 14.0. The van der Waals surface area contributed by atoms with Gasteiger partial charge in [-0.25, -0.2) is 0 Å². The summed E-state index contributed by atoms with van der Waals surface area (Å²) in [5.41, 5.74) is 0. The van der Waals surface area contributed by atoms with Gasteiger partial charge in [0.2, 0.25) is 0 Å². The fraction of sp³-hybridized carbons (Fsp3) is 0.667. The second-order valence-electron chi connectivity index (χ2n) is 4.11. The SMILES string of the molecule is CCCCC(C)NCC(O)c1ccc(Cl)s1. The summed E-state index contributed by atoms with van der Waals surface area (Å²) in [7, 11) is 0. The lowest BCUT2D eigenvalue weighted by atomic mass is 10.1. The molecule has 0 bridgehead atoms. The summed E-state index contributed by atoms with van der Waals surface area (Å²) in [6.45, 7) is 4.95. The Morgan fingerprint density at radius 3 is 2.81 bits per heavy atom. The van der Waals surface area contributed by atoms with Crippen LogP contribution in [0.1, 0.15) is 44.1 Å². The highest BCUT2D eigenvalue weighted by atomic mass is 35.5. The summed E-state index contributed by atoms with van der Waals surface area (Å²) in [5, 5.41) is 13.2. The summed E-state index contributed by atoms with van der Waals surface area (Å²) in [6.07, 6.45) is 3.17. The first-order valence-corrected chi connectivity index (χ1v) is 6.99. The number of unbranched alkanes of at least 4 members (excludes halogenated alkanes) is 1. The van der Waals surface area contributed by atoms with Gasteiger partial charge in [-0.1, -0.05) is 31.4 Å². The molecule has 16 heavy (non-hydrogen) atoms. The summed E-state index contributed by atoms with van der Waals surface area (Å²) < 4.78 is 0.730. The van der Waals surface area contributed by atoms with Gasteiger partial charge in [-0.15, -0.1) is 11.3 Å². The Balaban J connectivity index is 2.27. The Morgan fingerprint density at radius 2 is 2.25 bits per heavy atom. The number of rotatable bonds is 7. The van der Waals surface area contributed by atoms with Crippen molar-refractivity contribution in [1.29, 1.82) is 0 Å². The molecule has 0 aliphatic carbocycles. The predicted molar refractivity (Wildman–Crippen MR) is 71.3 cm³/mol. The van der Waals surface area contributed by atoms with Crippen LogP contribution in [0.2, 0.25) is 4.34 Å². The first-order valence-electron chi connectivity index (χ1n) is 5.80. The summed E-state index contributed by atoms with van der Waals surface area (Å²) in [6, 6.07) is 4.17. The Labute approximate surface area is 107 Å². The van der Waals surface area contributed by atoms with Gasteiger partial charge in [-0.3, -0.25) is 0 Å². The first-order chi connectivity index (χ1) is 7.63. The molecule has 2 atom stereocenters. The number of halogens is 1. The van der Waals surface area contributed by atoms with Crippen molar-refractivity contribution in [3.63, 3.8) is 0 Å². The lowest BCUT2D eigenvalue weighted by Gasteiger charge is -2.16. The summed E-state index contributed by atoms with van der Waals surface area (Å²) in [4.78, 5) is 0.931. The van der Waals surface area contributed by atoms with Gasteiger partial charge in [0.25, 0.3) is 0 Å². The van der Waals surface area contributed by atoms with Crippen molar-refractivity contribution in [1.82, 2.24) is 5.32 Å². The monoisotopic (exact) mass is 261 g/mol. The van der Waals surface area contributed by atoms with Gasteiger partial charge in [0.05, 0.1) is 4.34 Å². The van der Waals surface area contributed by atoms with Crippen molar-refractivity contribution >= 4 is 22.9 Å². The van der Waals surface area contributed by atoms with Gasteiger partial charge in [0, 0.05) is 17.5 Å². The Morgan fingerprint density at radius 1 is 1.50 bits per heavy atom. The van der Waals surface area contributed by atoms with Gasteiger partial charge >= 0.3 is 0 Å². The molecule has 0 aliphatic rings. The van der Waals surface area contributed by atoms with Gasteiger partial charge in [0.15, 0.2) is 0 Å². The molecular weight excluding hydrogens is 242 g/mol. The van der Waals surface area contributed by atoms with E-state index in [4.69, 9.17) is 11.6 Å². The fourth-order valence-corrected chi connectivity index (χ4v) is 2.58. The Hall–Kier alpha value is -0.0900. The van der Waals surface area contributed by atoms with E-state index in [1.54, 1.807) is 0 Å². The molecule has 0 amide bonds. The quantitative estimate of drug-likeness (QED) is 0.786. The lowest BCUT2D eigenvalue weighted by molar-refractivity contribution is 0.173. The number of hydrogen-bond donors (Lipinski definition) is 2. The highest BCUT2D eigenvalue weighted by Gasteiger charge is 2.11. The average molecular weight is 262 g/mol. The third kappa shape index (κ3) is 4.83. The molecule has 0 fully saturated rings. The molecule has 2 N–H and O–H groups in total. The van der Waals surface area contributed by atoms with Crippen LogP contribution in [0.3, 0.4) is 0 Å². The molecule has 4 heteroatoms. The van der Waals surface area contributed by atoms with Crippen LogP contribution in [0.25, 0.3) is 0 Å². The van der Waals surface area contributed by atoms with Gasteiger partial charge in [0.1, 0.15) is 6.10 Å². The summed E-state index contributed by atoms with van der Waals surface area (Å²) in [5.74, 6) is 0. The van der Waals surface area contributed by atoms with E-state index in [0.717, 1.165) is 15.6 Å². The van der Waals surface area contributed by atoms with Gasteiger partial charge in [-0.05, 0) is 25.5 Å². The van der Waals surface area contributed by atoms with E-state index < -0.39 is 6.10 Å². The maximum Gasteiger partial charge on any atom is 0.101 e. The zero-order chi connectivity index (χ0) is 12.0. The molecule has 0 aliphatic heterocycles. The van der Waals surface area contributed by atoms with Crippen LogP contribution >= 0.6 is 22.9 Å². The van der Waals surface area contributed by atoms with Crippen LogP contribution in [0.15, 0.2) is 12.1 Å². The molecule has 1 aromatic heterocycles. The zero-order valence-corrected chi connectivity index (χ0v) is 11.4. The third-order valence-corrected chi connectivity index (χ3v) is 3.91. The smallest absolute Gasteiger partial charge is 0.101 e. The van der Waals surface area contributed by atoms with Gasteiger partial charge in [-0.2, -0.15) is 0 Å². The summed E-state index contributed by atoms with van der Waals surface area (Å²) >= 11 is 7.26. The third-order valence-electron chi connectivity index (χ3n) is 2.57. The van der Waals surface area contributed by atoms with Crippen molar-refractivity contribution in [2.75, 3.05) is 6.54 Å². The second kappa shape index (κ2) is 7.28. The number of aliphatic hydroxyl groups is 1. The standard InChI is InChI=1S/C12H20ClNOS/c1-3-4-5-9(2)14-8-10(15)11-6-7-12(13)16-11/h6-7,9-10,14-15H,3-5,8H2,1-2H3. The maximum atomic E-state index is 9.90. The van der Waals surface area contributed by atoms with Gasteiger partial charge < -0.3 is 10.4 Å². The molecule has 0 saturated heterocycles. The molecule has 0 radical (unpaired) electrons. The molecule has 2 unspecified atom stereocenters. The van der Waals surface area contributed by atoms with Crippen molar-refractivity contribution < 1.29 is 5.11 Å². The highest BCUT2D eigenvalue weighted by molar-refractivity contribution is 7.16. The van der Waals surface area contributed by atoms with Crippen molar-refractivity contribution in [3.8, 4) is 0 Å². The van der Waals surface area contributed by atoms with E-state index in [1.807, 2.05) is 12.1 Å². The lowest BCUT2D eigenvalue weighted by Crippen LogP contribution is -2.30. The minimum absolute atomic E-state index is 0.443. The minimum atomic E-state index is -0.443. The van der Waals surface area contributed by atoms with E-state index in [0.29, 0.717) is 12.6 Å². The molecule has 1 heterocycles. The van der Waals surface area contributed by atoms with Crippen LogP contribution in [-0.2, 0) is 0 Å². The topological polar surface area (TPSA) is 32.3 Å². The van der Waals surface area contributed by atoms with Crippen LogP contribution in [0.4, 0.5) is 0 Å². The minimum Gasteiger partial charge on any atom is -0.386 e. The van der Waals surface area contributed by atoms with E-state index >= 15 is 0 Å². The Kier molecular flexibility index (Phi) is 6.36. The van der Waals surface area contributed by atoms with E-state index in [1.165, 1.54) is 24.2 Å². The maximum absolute atomic E-state index is 9.90. The number of nitrogens with one attached hydrogen (secondary N) is 1. The number of hydrogen-bond acceptors (Lipinski definition) is 3. The second-order valence-corrected chi connectivity index (χ2v) is 5.86.